The first-order chi connectivity index (χ1) is 7.97. The molecule has 1 unspecified atom stereocenters. The zero-order chi connectivity index (χ0) is 13.0. The lowest BCUT2D eigenvalue weighted by Crippen LogP contribution is -2.59. The molecule has 1 heterocycles. The van der Waals surface area contributed by atoms with Gasteiger partial charge in [-0.1, -0.05) is 12.7 Å². The van der Waals surface area contributed by atoms with Crippen LogP contribution in [0.3, 0.4) is 0 Å². The predicted molar refractivity (Wildman–Crippen MR) is 57.3 cm³/mol. The van der Waals surface area contributed by atoms with Crippen molar-refractivity contribution in [3.05, 3.63) is 12.7 Å². The highest BCUT2D eigenvalue weighted by Crippen LogP contribution is 2.11. The first kappa shape index (κ1) is 13.0. The third kappa shape index (κ3) is 2.96. The van der Waals surface area contributed by atoms with E-state index in [0.29, 0.717) is 0 Å². The fourth-order valence-electron chi connectivity index (χ4n) is 1.45. The van der Waals surface area contributed by atoms with Crippen LogP contribution in [0, 0.1) is 0 Å². The molecule has 17 heavy (non-hydrogen) atoms. The lowest BCUT2D eigenvalue weighted by atomic mass is 10.2. The summed E-state index contributed by atoms with van der Waals surface area (Å²) in [6.07, 6.45) is 0.546. The van der Waals surface area contributed by atoms with Gasteiger partial charge in [0.25, 0.3) is 0 Å². The quantitative estimate of drug-likeness (QED) is 0.676. The predicted octanol–water partition coefficient (Wildman–Crippen LogP) is -0.464. The first-order valence-corrected chi connectivity index (χ1v) is 4.98. The summed E-state index contributed by atoms with van der Waals surface area (Å²) in [5.41, 5.74) is 0. The Morgan fingerprint density at radius 1 is 1.65 bits per heavy atom. The Balaban J connectivity index is 2.78. The summed E-state index contributed by atoms with van der Waals surface area (Å²) in [5, 5.41) is 8.98. The molecule has 0 radical (unpaired) electrons. The second-order valence-corrected chi connectivity index (χ2v) is 3.62. The molecule has 1 aliphatic rings. The van der Waals surface area contributed by atoms with Crippen molar-refractivity contribution < 1.29 is 24.2 Å². The van der Waals surface area contributed by atoms with Crippen LogP contribution >= 0.6 is 0 Å². The maximum absolute atomic E-state index is 11.5. The van der Waals surface area contributed by atoms with E-state index in [1.165, 1.54) is 18.0 Å². The van der Waals surface area contributed by atoms with Crippen LogP contribution in [0.25, 0.3) is 0 Å². The Morgan fingerprint density at radius 2 is 2.29 bits per heavy atom. The third-order valence-corrected chi connectivity index (χ3v) is 2.40. The lowest BCUT2D eigenvalue weighted by molar-refractivity contribution is -0.149. The van der Waals surface area contributed by atoms with Crippen LogP contribution in [0.2, 0.25) is 0 Å². The minimum atomic E-state index is -1.17. The molecule has 1 atom stereocenters. The average Bonchev–Trinajstić information content (AvgIpc) is 2.28. The molecule has 1 N–H and O–H groups in total. The smallest absolute Gasteiger partial charge is 0.411 e. The second kappa shape index (κ2) is 5.33. The van der Waals surface area contributed by atoms with Crippen molar-refractivity contribution in [3.63, 3.8) is 0 Å². The summed E-state index contributed by atoms with van der Waals surface area (Å²) >= 11 is 0. The number of likely N-dealkylation sites (N-methyl/N-ethyl adjacent to an activating group) is 1. The van der Waals surface area contributed by atoms with Crippen molar-refractivity contribution in [1.29, 1.82) is 0 Å². The zero-order valence-electron chi connectivity index (χ0n) is 9.46. The molecule has 7 heteroatoms. The maximum atomic E-state index is 11.5. The molecular weight excluding hydrogens is 228 g/mol. The van der Waals surface area contributed by atoms with Crippen LogP contribution in [0.1, 0.15) is 0 Å². The number of carbonyl (C=O) groups excluding carboxylic acids is 2. The molecule has 1 saturated heterocycles. The van der Waals surface area contributed by atoms with Crippen LogP contribution in [0.4, 0.5) is 4.79 Å². The first-order valence-electron chi connectivity index (χ1n) is 4.98. The zero-order valence-corrected chi connectivity index (χ0v) is 9.46. The van der Waals surface area contributed by atoms with E-state index in [1.54, 1.807) is 0 Å². The van der Waals surface area contributed by atoms with Crippen molar-refractivity contribution in [1.82, 2.24) is 9.80 Å². The van der Waals surface area contributed by atoms with Gasteiger partial charge < -0.3 is 14.7 Å². The second-order valence-electron chi connectivity index (χ2n) is 3.62. The van der Waals surface area contributed by atoms with Crippen molar-refractivity contribution in [2.75, 3.05) is 26.7 Å². The van der Waals surface area contributed by atoms with Gasteiger partial charge in [0.1, 0.15) is 13.2 Å². The molecule has 0 bridgehead atoms. The van der Waals surface area contributed by atoms with E-state index >= 15 is 0 Å². The third-order valence-electron chi connectivity index (χ3n) is 2.40. The molecule has 0 saturated carbocycles. The van der Waals surface area contributed by atoms with Crippen molar-refractivity contribution in [2.24, 2.45) is 0 Å². The molecule has 0 aromatic carbocycles. The molecule has 2 amide bonds. The standard InChI is InChI=1S/C10H14N2O5/c1-3-4-17-10(16)12-6-8(13)11(2)5-7(12)9(14)15/h3,7H,1,4-6H2,2H3,(H,14,15). The van der Waals surface area contributed by atoms with E-state index in [1.807, 2.05) is 0 Å². The lowest BCUT2D eigenvalue weighted by Gasteiger charge is -2.36. The van der Waals surface area contributed by atoms with E-state index in [4.69, 9.17) is 9.84 Å². The Kier molecular flexibility index (Phi) is 4.08. The number of piperazine rings is 1. The topological polar surface area (TPSA) is 87.2 Å². The van der Waals surface area contributed by atoms with Crippen LogP contribution < -0.4 is 0 Å². The fourth-order valence-corrected chi connectivity index (χ4v) is 1.45. The molecule has 0 spiro atoms. The minimum Gasteiger partial charge on any atom is -0.480 e. The molecule has 1 aliphatic heterocycles. The molecule has 1 rings (SSSR count). The number of amides is 2. The van der Waals surface area contributed by atoms with E-state index < -0.39 is 18.1 Å². The van der Waals surface area contributed by atoms with Crippen molar-refractivity contribution in [3.8, 4) is 0 Å². The van der Waals surface area contributed by atoms with Crippen LogP contribution in [0.15, 0.2) is 12.7 Å². The Hall–Kier alpha value is -2.05. The summed E-state index contributed by atoms with van der Waals surface area (Å²) < 4.78 is 4.73. The number of carbonyl (C=O) groups is 3. The normalized spacial score (nSPS) is 20.1. The van der Waals surface area contributed by atoms with Crippen LogP contribution in [-0.4, -0.2) is 65.7 Å². The Morgan fingerprint density at radius 3 is 2.82 bits per heavy atom. The van der Waals surface area contributed by atoms with E-state index in [-0.39, 0.29) is 25.6 Å². The van der Waals surface area contributed by atoms with Crippen LogP contribution in [-0.2, 0) is 14.3 Å². The largest absolute Gasteiger partial charge is 0.480 e. The summed E-state index contributed by atoms with van der Waals surface area (Å²) in [6.45, 7) is 3.02. The van der Waals surface area contributed by atoms with Crippen LogP contribution in [0.5, 0.6) is 0 Å². The molecular formula is C10H14N2O5. The minimum absolute atomic E-state index is 0.0221. The highest BCUT2D eigenvalue weighted by Gasteiger charge is 2.38. The van der Waals surface area contributed by atoms with Gasteiger partial charge in [-0.15, -0.1) is 0 Å². The van der Waals surface area contributed by atoms with Gasteiger partial charge in [-0.3, -0.25) is 9.69 Å². The number of rotatable bonds is 3. The molecule has 0 aromatic rings. The van der Waals surface area contributed by atoms with Crippen molar-refractivity contribution in [2.45, 2.75) is 6.04 Å². The number of carboxylic acid groups (broad SMARTS) is 1. The van der Waals surface area contributed by atoms with Gasteiger partial charge in [-0.25, -0.2) is 9.59 Å². The van der Waals surface area contributed by atoms with Gasteiger partial charge in [0, 0.05) is 7.05 Å². The monoisotopic (exact) mass is 242 g/mol. The number of ether oxygens (including phenoxy) is 1. The van der Waals surface area contributed by atoms with E-state index in [9.17, 15) is 14.4 Å². The summed E-state index contributed by atoms with van der Waals surface area (Å²) in [4.78, 5) is 36.1. The average molecular weight is 242 g/mol. The van der Waals surface area contributed by atoms with Gasteiger partial charge in [-0.05, 0) is 0 Å². The number of aliphatic carboxylic acids is 1. The Bertz CT molecular complexity index is 355. The highest BCUT2D eigenvalue weighted by atomic mass is 16.6. The molecule has 0 aliphatic carbocycles. The van der Waals surface area contributed by atoms with Gasteiger partial charge in [0.15, 0.2) is 6.04 Å². The highest BCUT2D eigenvalue weighted by molar-refractivity contribution is 5.88. The number of carboxylic acids is 1. The van der Waals surface area contributed by atoms with E-state index in [0.717, 1.165) is 4.90 Å². The van der Waals surface area contributed by atoms with Gasteiger partial charge in [0.05, 0.1) is 6.54 Å². The Labute approximate surface area is 98.2 Å². The molecule has 0 aromatic heterocycles. The molecule has 1 fully saturated rings. The molecule has 94 valence electrons. The van der Waals surface area contributed by atoms with E-state index in [2.05, 4.69) is 6.58 Å². The summed E-state index contributed by atoms with van der Waals surface area (Å²) in [6, 6.07) is -1.07. The SMILES string of the molecule is C=CCOC(=O)N1CC(=O)N(C)CC1C(=O)O. The van der Waals surface area contributed by atoms with Gasteiger partial charge in [0.2, 0.25) is 5.91 Å². The molecule has 7 nitrogen and oxygen atoms in total. The number of hydrogen-bond acceptors (Lipinski definition) is 4. The van der Waals surface area contributed by atoms with Crippen molar-refractivity contribution >= 4 is 18.0 Å². The number of nitrogens with zero attached hydrogens (tertiary/aromatic N) is 2. The number of hydrogen-bond donors (Lipinski definition) is 1. The summed E-state index contributed by atoms with van der Waals surface area (Å²) in [5.74, 6) is -1.49. The maximum Gasteiger partial charge on any atom is 0.411 e. The van der Waals surface area contributed by atoms with Gasteiger partial charge in [-0.2, -0.15) is 0 Å². The van der Waals surface area contributed by atoms with Gasteiger partial charge >= 0.3 is 12.1 Å². The fraction of sp³-hybridized carbons (Fsp3) is 0.500. The summed E-state index contributed by atoms with van der Waals surface area (Å²) in [7, 11) is 1.49.